The fourth-order valence-electron chi connectivity index (χ4n) is 2.20. The highest BCUT2D eigenvalue weighted by Gasteiger charge is 2.25. The number of carbonyl (C=O) groups excluding carboxylic acids is 1. The fraction of sp³-hybridized carbons (Fsp3) is 0.167. The van der Waals surface area contributed by atoms with E-state index in [9.17, 15) is 9.90 Å². The van der Waals surface area contributed by atoms with Gasteiger partial charge in [0.1, 0.15) is 11.4 Å². The van der Waals surface area contributed by atoms with Crippen LogP contribution in [0.25, 0.3) is 16.2 Å². The van der Waals surface area contributed by atoms with Crippen molar-refractivity contribution in [2.24, 2.45) is 0 Å². The van der Waals surface area contributed by atoms with Gasteiger partial charge in [-0.25, -0.2) is 0 Å². The van der Waals surface area contributed by atoms with E-state index in [0.717, 1.165) is 15.0 Å². The van der Waals surface area contributed by atoms with Crippen LogP contribution in [0.1, 0.15) is 17.6 Å². The molecule has 0 saturated carbocycles. The molecule has 23 heavy (non-hydrogen) atoms. The van der Waals surface area contributed by atoms with Crippen LogP contribution in [0.15, 0.2) is 59.2 Å². The molecule has 2 N–H and O–H groups in total. The average Bonchev–Trinajstić information content (AvgIpc) is 3.20. The van der Waals surface area contributed by atoms with Crippen LogP contribution in [-0.2, 0) is 10.4 Å². The molecule has 5 heteroatoms. The Kier molecular flexibility index (Phi) is 4.32. The van der Waals surface area contributed by atoms with E-state index < -0.39 is 5.60 Å². The van der Waals surface area contributed by atoms with Crippen molar-refractivity contribution in [1.82, 2.24) is 5.32 Å². The molecule has 0 radical (unpaired) electrons. The number of fused-ring (bicyclic) bond motifs is 1. The minimum Gasteiger partial charge on any atom is -0.465 e. The Morgan fingerprint density at radius 3 is 2.91 bits per heavy atom. The van der Waals surface area contributed by atoms with Gasteiger partial charge in [-0.15, -0.1) is 11.3 Å². The second-order valence-corrected chi connectivity index (χ2v) is 6.57. The van der Waals surface area contributed by atoms with E-state index >= 15 is 0 Å². The average molecular weight is 327 g/mol. The Morgan fingerprint density at radius 2 is 2.17 bits per heavy atom. The van der Waals surface area contributed by atoms with Gasteiger partial charge in [0.05, 0.1) is 12.8 Å². The van der Waals surface area contributed by atoms with Crippen LogP contribution in [0.2, 0.25) is 0 Å². The lowest BCUT2D eigenvalue weighted by molar-refractivity contribution is -0.117. The molecule has 1 amide bonds. The van der Waals surface area contributed by atoms with Crippen molar-refractivity contribution in [2.45, 2.75) is 12.5 Å². The number of hydrogen-bond acceptors (Lipinski definition) is 4. The zero-order valence-corrected chi connectivity index (χ0v) is 13.5. The molecule has 2 aromatic heterocycles. The number of rotatable bonds is 5. The lowest BCUT2D eigenvalue weighted by Gasteiger charge is -2.21. The summed E-state index contributed by atoms with van der Waals surface area (Å²) in [5, 5.41) is 14.5. The maximum atomic E-state index is 11.8. The SMILES string of the molecule is CC(O)(CNC(=O)C=Cc1ccco1)c1cc2ccccc2s1. The van der Waals surface area contributed by atoms with Crippen LogP contribution in [-0.4, -0.2) is 17.6 Å². The lowest BCUT2D eigenvalue weighted by Crippen LogP contribution is -2.37. The zero-order valence-electron chi connectivity index (χ0n) is 12.7. The third-order valence-corrected chi connectivity index (χ3v) is 4.87. The molecule has 1 aromatic carbocycles. The first-order valence-corrected chi connectivity index (χ1v) is 8.07. The van der Waals surface area contributed by atoms with E-state index in [1.165, 1.54) is 17.4 Å². The van der Waals surface area contributed by atoms with Gasteiger partial charge in [-0.3, -0.25) is 4.79 Å². The summed E-state index contributed by atoms with van der Waals surface area (Å²) >= 11 is 1.53. The first kappa shape index (κ1) is 15.5. The predicted octanol–water partition coefficient (Wildman–Crippen LogP) is 3.53. The van der Waals surface area contributed by atoms with Crippen molar-refractivity contribution in [1.29, 1.82) is 0 Å². The van der Waals surface area contributed by atoms with Crippen LogP contribution in [0.3, 0.4) is 0 Å². The maximum Gasteiger partial charge on any atom is 0.244 e. The van der Waals surface area contributed by atoms with Crippen molar-refractivity contribution < 1.29 is 14.3 Å². The Balaban J connectivity index is 1.65. The van der Waals surface area contributed by atoms with Crippen LogP contribution in [0.5, 0.6) is 0 Å². The minimum atomic E-state index is -1.11. The number of furan rings is 1. The van der Waals surface area contributed by atoms with Crippen LogP contribution in [0.4, 0.5) is 0 Å². The second-order valence-electron chi connectivity index (χ2n) is 5.49. The number of benzene rings is 1. The van der Waals surface area contributed by atoms with Crippen molar-refractivity contribution in [3.05, 3.63) is 65.4 Å². The molecule has 0 fully saturated rings. The van der Waals surface area contributed by atoms with E-state index in [-0.39, 0.29) is 12.5 Å². The number of aliphatic hydroxyl groups is 1. The number of amides is 1. The fourth-order valence-corrected chi connectivity index (χ4v) is 3.30. The van der Waals surface area contributed by atoms with Gasteiger partial charge in [0.2, 0.25) is 5.91 Å². The van der Waals surface area contributed by atoms with Crippen molar-refractivity contribution in [3.8, 4) is 0 Å². The Morgan fingerprint density at radius 1 is 1.35 bits per heavy atom. The van der Waals surface area contributed by atoms with Gasteiger partial charge in [0, 0.05) is 15.7 Å². The van der Waals surface area contributed by atoms with Gasteiger partial charge < -0.3 is 14.8 Å². The highest BCUT2D eigenvalue weighted by atomic mass is 32.1. The molecule has 3 rings (SSSR count). The monoisotopic (exact) mass is 327 g/mol. The van der Waals surface area contributed by atoms with Gasteiger partial charge in [0.15, 0.2) is 0 Å². The summed E-state index contributed by atoms with van der Waals surface area (Å²) in [6, 6.07) is 13.4. The molecule has 0 aliphatic heterocycles. The third kappa shape index (κ3) is 3.70. The summed E-state index contributed by atoms with van der Waals surface area (Å²) in [5.74, 6) is 0.333. The quantitative estimate of drug-likeness (QED) is 0.705. The normalized spacial score (nSPS) is 14.2. The Bertz CT molecular complexity index is 798. The van der Waals surface area contributed by atoms with Gasteiger partial charge in [-0.05, 0) is 42.7 Å². The molecule has 4 nitrogen and oxygen atoms in total. The molecule has 0 bridgehead atoms. The summed E-state index contributed by atoms with van der Waals surface area (Å²) in [4.78, 5) is 12.7. The Hall–Kier alpha value is -2.37. The second kappa shape index (κ2) is 6.40. The predicted molar refractivity (Wildman–Crippen MR) is 92.1 cm³/mol. The summed E-state index contributed by atoms with van der Waals surface area (Å²) < 4.78 is 6.24. The lowest BCUT2D eigenvalue weighted by atomic mass is 10.0. The van der Waals surface area contributed by atoms with E-state index in [4.69, 9.17) is 4.42 Å². The van der Waals surface area contributed by atoms with Gasteiger partial charge in [-0.2, -0.15) is 0 Å². The van der Waals surface area contributed by atoms with E-state index in [1.54, 1.807) is 31.4 Å². The number of thiophene rings is 1. The van der Waals surface area contributed by atoms with E-state index in [0.29, 0.717) is 5.76 Å². The molecule has 0 spiro atoms. The van der Waals surface area contributed by atoms with E-state index in [1.807, 2.05) is 30.3 Å². The Labute approximate surface area is 138 Å². The summed E-state index contributed by atoms with van der Waals surface area (Å²) in [6.45, 7) is 1.84. The molecule has 2 heterocycles. The van der Waals surface area contributed by atoms with Gasteiger partial charge in [0.25, 0.3) is 0 Å². The largest absolute Gasteiger partial charge is 0.465 e. The van der Waals surface area contributed by atoms with Crippen molar-refractivity contribution >= 4 is 33.4 Å². The first-order valence-electron chi connectivity index (χ1n) is 7.25. The number of nitrogens with one attached hydrogen (secondary N) is 1. The van der Waals surface area contributed by atoms with Crippen LogP contribution in [0, 0.1) is 0 Å². The molecule has 1 atom stereocenters. The smallest absolute Gasteiger partial charge is 0.244 e. The number of carbonyl (C=O) groups is 1. The highest BCUT2D eigenvalue weighted by molar-refractivity contribution is 7.19. The van der Waals surface area contributed by atoms with Gasteiger partial charge in [-0.1, -0.05) is 18.2 Å². The highest BCUT2D eigenvalue weighted by Crippen LogP contribution is 2.32. The van der Waals surface area contributed by atoms with Crippen molar-refractivity contribution in [2.75, 3.05) is 6.54 Å². The molecule has 0 saturated heterocycles. The molecular weight excluding hydrogens is 310 g/mol. The van der Waals surface area contributed by atoms with Gasteiger partial charge >= 0.3 is 0 Å². The number of hydrogen-bond donors (Lipinski definition) is 2. The molecule has 0 aliphatic carbocycles. The van der Waals surface area contributed by atoms with Crippen molar-refractivity contribution in [3.63, 3.8) is 0 Å². The molecule has 118 valence electrons. The third-order valence-electron chi connectivity index (χ3n) is 3.51. The maximum absolute atomic E-state index is 11.8. The first-order chi connectivity index (χ1) is 11.0. The summed E-state index contributed by atoms with van der Waals surface area (Å²) in [6.07, 6.45) is 4.52. The summed E-state index contributed by atoms with van der Waals surface area (Å²) in [5.41, 5.74) is -1.11. The van der Waals surface area contributed by atoms with Crippen LogP contribution >= 0.6 is 11.3 Å². The molecular formula is C18H17NO3S. The topological polar surface area (TPSA) is 62.5 Å². The molecule has 1 unspecified atom stereocenters. The zero-order chi connectivity index (χ0) is 16.3. The molecule has 3 aromatic rings. The molecule has 0 aliphatic rings. The van der Waals surface area contributed by atoms with Crippen LogP contribution < -0.4 is 5.32 Å². The van der Waals surface area contributed by atoms with E-state index in [2.05, 4.69) is 5.32 Å². The summed E-state index contributed by atoms with van der Waals surface area (Å²) in [7, 11) is 0. The minimum absolute atomic E-state index is 0.140. The standard InChI is InChI=1S/C18H17NO3S/c1-18(21,16-11-13-5-2-3-7-15(13)23-16)12-19-17(20)9-8-14-6-4-10-22-14/h2-11,21H,12H2,1H3,(H,19,20).